The number of nitrogens with zero attached hydrogens (tertiary/aromatic N) is 1. The Kier molecular flexibility index (Phi) is 9.15. The van der Waals surface area contributed by atoms with Gasteiger partial charge in [-0.2, -0.15) is 0 Å². The second-order valence-electron chi connectivity index (χ2n) is 8.28. The van der Waals surface area contributed by atoms with Gasteiger partial charge in [-0.05, 0) is 91.7 Å². The third kappa shape index (κ3) is 8.05. The van der Waals surface area contributed by atoms with Crippen LogP contribution < -0.4 is 14.8 Å². The number of methoxy groups -OCH3 is 1. The van der Waals surface area contributed by atoms with E-state index in [1.165, 1.54) is 0 Å². The van der Waals surface area contributed by atoms with E-state index in [0.717, 1.165) is 14.9 Å². The summed E-state index contributed by atoms with van der Waals surface area (Å²) in [6, 6.07) is 14.4. The van der Waals surface area contributed by atoms with E-state index >= 15 is 0 Å². The van der Waals surface area contributed by atoms with Crippen LogP contribution in [0, 0.1) is 3.57 Å². The van der Waals surface area contributed by atoms with E-state index in [1.807, 2.05) is 76.2 Å². The molecule has 168 valence electrons. The molecule has 0 aliphatic heterocycles. The first kappa shape index (κ1) is 25.0. The molecule has 0 heterocycles. The lowest BCUT2D eigenvalue weighted by molar-refractivity contribution is -0.143. The summed E-state index contributed by atoms with van der Waals surface area (Å²) < 4.78 is 12.0. The molecule has 0 aliphatic rings. The van der Waals surface area contributed by atoms with Crippen LogP contribution in [-0.2, 0) is 16.1 Å². The molecule has 0 unspecified atom stereocenters. The maximum absolute atomic E-state index is 13.2. The lowest BCUT2D eigenvalue weighted by atomic mass is 10.1. The van der Waals surface area contributed by atoms with Crippen LogP contribution in [0.25, 0.3) is 0 Å². The predicted molar refractivity (Wildman–Crippen MR) is 130 cm³/mol. The molecule has 0 bridgehead atoms. The summed E-state index contributed by atoms with van der Waals surface area (Å²) in [4.78, 5) is 27.7. The van der Waals surface area contributed by atoms with Crippen molar-refractivity contribution < 1.29 is 19.1 Å². The van der Waals surface area contributed by atoms with E-state index in [2.05, 4.69) is 27.9 Å². The van der Waals surface area contributed by atoms with Gasteiger partial charge < -0.3 is 19.7 Å². The van der Waals surface area contributed by atoms with Crippen molar-refractivity contribution >= 4 is 34.4 Å². The van der Waals surface area contributed by atoms with Crippen LogP contribution in [-0.4, -0.2) is 42.0 Å². The van der Waals surface area contributed by atoms with Gasteiger partial charge in [0.05, 0.1) is 7.11 Å². The van der Waals surface area contributed by atoms with Crippen molar-refractivity contribution in [1.82, 2.24) is 10.2 Å². The Balaban J connectivity index is 2.22. The second kappa shape index (κ2) is 11.4. The maximum atomic E-state index is 13.2. The molecule has 2 amide bonds. The van der Waals surface area contributed by atoms with Gasteiger partial charge in [0, 0.05) is 15.7 Å². The third-order valence-electron chi connectivity index (χ3n) is 4.57. The molecule has 0 radical (unpaired) electrons. The summed E-state index contributed by atoms with van der Waals surface area (Å²) >= 11 is 2.21. The van der Waals surface area contributed by atoms with Crippen LogP contribution in [0.4, 0.5) is 0 Å². The first-order valence-corrected chi connectivity index (χ1v) is 11.3. The van der Waals surface area contributed by atoms with Crippen LogP contribution in [0.5, 0.6) is 11.5 Å². The zero-order valence-electron chi connectivity index (χ0n) is 18.8. The van der Waals surface area contributed by atoms with Crippen LogP contribution in [0.1, 0.15) is 39.7 Å². The fourth-order valence-corrected chi connectivity index (χ4v) is 3.42. The monoisotopic (exact) mass is 538 g/mol. The van der Waals surface area contributed by atoms with Gasteiger partial charge in [0.1, 0.15) is 17.5 Å². The van der Waals surface area contributed by atoms with E-state index < -0.39 is 11.6 Å². The Morgan fingerprint density at radius 1 is 1.03 bits per heavy atom. The molecule has 2 aromatic rings. The van der Waals surface area contributed by atoms with E-state index in [-0.39, 0.29) is 18.4 Å². The molecule has 2 rings (SSSR count). The number of carbonyl (C=O) groups is 2. The summed E-state index contributed by atoms with van der Waals surface area (Å²) in [5.41, 5.74) is 0.516. The molecule has 2 aromatic carbocycles. The highest BCUT2D eigenvalue weighted by atomic mass is 127. The highest BCUT2D eigenvalue weighted by Gasteiger charge is 2.30. The topological polar surface area (TPSA) is 67.9 Å². The van der Waals surface area contributed by atoms with Gasteiger partial charge in [-0.3, -0.25) is 9.59 Å². The van der Waals surface area contributed by atoms with Gasteiger partial charge in [-0.25, -0.2) is 0 Å². The van der Waals surface area contributed by atoms with E-state index in [0.29, 0.717) is 18.7 Å². The average molecular weight is 538 g/mol. The fraction of sp³-hybridized carbons (Fsp3) is 0.417. The van der Waals surface area contributed by atoms with Crippen molar-refractivity contribution in [1.29, 1.82) is 0 Å². The molecule has 0 fully saturated rings. The molecule has 0 saturated carbocycles. The first-order valence-electron chi connectivity index (χ1n) is 10.3. The van der Waals surface area contributed by atoms with Gasteiger partial charge in [0.2, 0.25) is 5.91 Å². The van der Waals surface area contributed by atoms with Crippen molar-refractivity contribution in [2.24, 2.45) is 0 Å². The molecule has 0 spiro atoms. The number of rotatable bonds is 9. The number of ether oxygens (including phenoxy) is 2. The maximum Gasteiger partial charge on any atom is 0.261 e. The largest absolute Gasteiger partial charge is 0.497 e. The summed E-state index contributed by atoms with van der Waals surface area (Å²) in [7, 11) is 1.61. The lowest BCUT2D eigenvalue weighted by Crippen LogP contribution is -2.54. The van der Waals surface area contributed by atoms with E-state index in [1.54, 1.807) is 12.0 Å². The van der Waals surface area contributed by atoms with Crippen molar-refractivity contribution in [2.75, 3.05) is 13.7 Å². The SMILES string of the molecule is CC[C@@H](C(=O)NC(C)(C)C)N(Cc1ccc(OC)cc1)C(=O)COc1ccc(I)cc1. The second-order valence-corrected chi connectivity index (χ2v) is 9.52. The zero-order chi connectivity index (χ0) is 23.0. The average Bonchev–Trinajstić information content (AvgIpc) is 2.72. The quantitative estimate of drug-likeness (QED) is 0.481. The van der Waals surface area contributed by atoms with Crippen molar-refractivity contribution in [3.05, 3.63) is 57.7 Å². The Bertz CT molecular complexity index is 861. The highest BCUT2D eigenvalue weighted by Crippen LogP contribution is 2.18. The minimum atomic E-state index is -0.603. The molecule has 0 aromatic heterocycles. The van der Waals surface area contributed by atoms with Gasteiger partial charge in [-0.15, -0.1) is 0 Å². The number of carbonyl (C=O) groups excluding carboxylic acids is 2. The van der Waals surface area contributed by atoms with Crippen LogP contribution >= 0.6 is 22.6 Å². The Hall–Kier alpha value is -2.29. The van der Waals surface area contributed by atoms with Gasteiger partial charge in [0.25, 0.3) is 5.91 Å². The summed E-state index contributed by atoms with van der Waals surface area (Å²) in [5.74, 6) is 0.933. The number of amides is 2. The Morgan fingerprint density at radius 3 is 2.13 bits per heavy atom. The van der Waals surface area contributed by atoms with Crippen molar-refractivity contribution in [3.63, 3.8) is 0 Å². The predicted octanol–water partition coefficient (Wildman–Crippen LogP) is 4.40. The van der Waals surface area contributed by atoms with Crippen molar-refractivity contribution in [2.45, 2.75) is 52.2 Å². The first-order chi connectivity index (χ1) is 14.6. The molecular weight excluding hydrogens is 507 g/mol. The minimum Gasteiger partial charge on any atom is -0.497 e. The smallest absolute Gasteiger partial charge is 0.261 e. The van der Waals surface area contributed by atoms with Crippen LogP contribution in [0.2, 0.25) is 0 Å². The lowest BCUT2D eigenvalue weighted by Gasteiger charge is -2.33. The van der Waals surface area contributed by atoms with E-state index in [9.17, 15) is 9.59 Å². The van der Waals surface area contributed by atoms with Crippen LogP contribution in [0.15, 0.2) is 48.5 Å². The number of hydrogen-bond donors (Lipinski definition) is 1. The summed E-state index contributed by atoms with van der Waals surface area (Å²) in [6.07, 6.45) is 0.493. The van der Waals surface area contributed by atoms with Gasteiger partial charge in [-0.1, -0.05) is 19.1 Å². The number of nitrogens with one attached hydrogen (secondary N) is 1. The van der Waals surface area contributed by atoms with Crippen LogP contribution in [0.3, 0.4) is 0 Å². The molecule has 0 saturated heterocycles. The molecule has 0 aliphatic carbocycles. The standard InChI is InChI=1S/C24H31IN2O4/c1-6-21(23(29)26-24(2,3)4)27(15-17-7-11-19(30-5)12-8-17)22(28)16-31-20-13-9-18(25)10-14-20/h7-14,21H,6,15-16H2,1-5H3,(H,26,29)/t21-/m0/s1. The van der Waals surface area contributed by atoms with Crippen molar-refractivity contribution in [3.8, 4) is 11.5 Å². The zero-order valence-corrected chi connectivity index (χ0v) is 20.9. The Labute approximate surface area is 198 Å². The third-order valence-corrected chi connectivity index (χ3v) is 5.29. The van der Waals surface area contributed by atoms with Gasteiger partial charge in [0.15, 0.2) is 6.61 Å². The molecule has 7 heteroatoms. The molecular formula is C24H31IN2O4. The number of hydrogen-bond acceptors (Lipinski definition) is 4. The molecule has 1 atom stereocenters. The summed E-state index contributed by atoms with van der Waals surface area (Å²) in [6.45, 7) is 7.83. The molecule has 1 N–H and O–H groups in total. The highest BCUT2D eigenvalue weighted by molar-refractivity contribution is 14.1. The van der Waals surface area contributed by atoms with Gasteiger partial charge >= 0.3 is 0 Å². The van der Waals surface area contributed by atoms with E-state index in [4.69, 9.17) is 9.47 Å². The normalized spacial score (nSPS) is 12.1. The number of halogens is 1. The number of benzene rings is 2. The fourth-order valence-electron chi connectivity index (χ4n) is 3.06. The molecule has 6 nitrogen and oxygen atoms in total. The Morgan fingerprint density at radius 2 is 1.61 bits per heavy atom. The summed E-state index contributed by atoms with van der Waals surface area (Å²) in [5, 5.41) is 3.00. The molecule has 31 heavy (non-hydrogen) atoms. The minimum absolute atomic E-state index is 0.143.